The molecule has 0 fully saturated rings. The molecule has 0 aromatic heterocycles. The third kappa shape index (κ3) is 4.29. The van der Waals surface area contributed by atoms with Crippen molar-refractivity contribution >= 4 is 21.7 Å². The summed E-state index contributed by atoms with van der Waals surface area (Å²) in [5.41, 5.74) is 0.799. The fourth-order valence-corrected chi connectivity index (χ4v) is 3.43. The molecule has 0 spiro atoms. The van der Waals surface area contributed by atoms with E-state index in [2.05, 4.69) is 0 Å². The molecule has 1 N–H and O–H groups in total. The van der Waals surface area contributed by atoms with Crippen LogP contribution in [0.1, 0.15) is 5.56 Å². The van der Waals surface area contributed by atoms with E-state index in [1.165, 1.54) is 12.1 Å². The van der Waals surface area contributed by atoms with Crippen molar-refractivity contribution in [1.29, 1.82) is 0 Å². The molecular formula is C16H16FNO4S. The summed E-state index contributed by atoms with van der Waals surface area (Å²) >= 11 is 0. The molecule has 0 unspecified atom stereocenters. The quantitative estimate of drug-likeness (QED) is 0.877. The van der Waals surface area contributed by atoms with E-state index in [1.807, 2.05) is 0 Å². The predicted molar refractivity (Wildman–Crippen MR) is 85.3 cm³/mol. The number of carbonyl (C=O) groups is 1. The second-order valence-electron chi connectivity index (χ2n) is 5.08. The maximum Gasteiger partial charge on any atom is 0.327 e. The van der Waals surface area contributed by atoms with Gasteiger partial charge in [0.15, 0.2) is 0 Å². The summed E-state index contributed by atoms with van der Waals surface area (Å²) in [7, 11) is -3.87. The van der Waals surface area contributed by atoms with Crippen LogP contribution in [0, 0.1) is 5.82 Å². The van der Waals surface area contributed by atoms with Crippen molar-refractivity contribution in [3.63, 3.8) is 0 Å². The number of carboxylic acids is 1. The van der Waals surface area contributed by atoms with Crippen molar-refractivity contribution < 1.29 is 22.7 Å². The molecule has 2 aromatic carbocycles. The van der Waals surface area contributed by atoms with Crippen LogP contribution in [0.15, 0.2) is 54.6 Å². The minimum absolute atomic E-state index is 0.000615. The van der Waals surface area contributed by atoms with Gasteiger partial charge in [-0.05, 0) is 29.8 Å². The highest BCUT2D eigenvalue weighted by molar-refractivity contribution is 7.92. The zero-order valence-corrected chi connectivity index (χ0v) is 13.2. The molecule has 0 saturated carbocycles. The van der Waals surface area contributed by atoms with Gasteiger partial charge in [0.2, 0.25) is 10.0 Å². The van der Waals surface area contributed by atoms with Crippen LogP contribution in [-0.4, -0.2) is 31.8 Å². The summed E-state index contributed by atoms with van der Waals surface area (Å²) < 4.78 is 38.1. The monoisotopic (exact) mass is 337 g/mol. The molecular weight excluding hydrogens is 321 g/mol. The Morgan fingerprint density at radius 1 is 1.13 bits per heavy atom. The molecule has 0 aliphatic carbocycles. The molecule has 0 saturated heterocycles. The van der Waals surface area contributed by atoms with Crippen molar-refractivity contribution in [3.8, 4) is 0 Å². The van der Waals surface area contributed by atoms with E-state index in [9.17, 15) is 22.7 Å². The minimum atomic E-state index is -3.87. The summed E-state index contributed by atoms with van der Waals surface area (Å²) in [5.74, 6) is -1.80. The van der Waals surface area contributed by atoms with Crippen LogP contribution in [0.5, 0.6) is 0 Å². The van der Waals surface area contributed by atoms with Gasteiger partial charge < -0.3 is 5.11 Å². The van der Waals surface area contributed by atoms with Gasteiger partial charge in [-0.1, -0.05) is 30.3 Å². The summed E-state index contributed by atoms with van der Waals surface area (Å²) in [4.78, 5) is 11.7. The van der Waals surface area contributed by atoms with E-state index < -0.39 is 27.9 Å². The maximum atomic E-state index is 13.1. The minimum Gasteiger partial charge on any atom is -0.480 e. The molecule has 5 nitrogen and oxygen atoms in total. The van der Waals surface area contributed by atoms with Gasteiger partial charge in [-0.3, -0.25) is 4.31 Å². The first kappa shape index (κ1) is 17.0. The van der Waals surface area contributed by atoms with E-state index >= 15 is 0 Å². The van der Waals surface area contributed by atoms with E-state index in [0.717, 1.165) is 22.7 Å². The fourth-order valence-electron chi connectivity index (χ4n) is 2.30. The van der Waals surface area contributed by atoms with Crippen molar-refractivity contribution in [2.45, 2.75) is 12.5 Å². The van der Waals surface area contributed by atoms with Gasteiger partial charge in [0, 0.05) is 6.42 Å². The van der Waals surface area contributed by atoms with Gasteiger partial charge in [-0.25, -0.2) is 17.6 Å². The van der Waals surface area contributed by atoms with Crippen molar-refractivity contribution in [2.24, 2.45) is 0 Å². The van der Waals surface area contributed by atoms with Crippen LogP contribution in [0.25, 0.3) is 0 Å². The van der Waals surface area contributed by atoms with E-state index in [-0.39, 0.29) is 12.1 Å². The molecule has 0 radical (unpaired) electrons. The highest BCUT2D eigenvalue weighted by Crippen LogP contribution is 2.23. The van der Waals surface area contributed by atoms with Crippen LogP contribution in [0.3, 0.4) is 0 Å². The van der Waals surface area contributed by atoms with Crippen molar-refractivity contribution in [1.82, 2.24) is 0 Å². The largest absolute Gasteiger partial charge is 0.480 e. The molecule has 2 rings (SSSR count). The maximum absolute atomic E-state index is 13.1. The SMILES string of the molecule is CS(=O)(=O)N(c1ccc(F)cc1)[C@H](Cc1ccccc1)C(=O)O. The second kappa shape index (κ2) is 6.78. The number of rotatable bonds is 6. The lowest BCUT2D eigenvalue weighted by molar-refractivity contribution is -0.138. The molecule has 2 aromatic rings. The van der Waals surface area contributed by atoms with Crippen LogP contribution in [0.4, 0.5) is 10.1 Å². The van der Waals surface area contributed by atoms with Gasteiger partial charge in [0.1, 0.15) is 11.9 Å². The van der Waals surface area contributed by atoms with Crippen molar-refractivity contribution in [2.75, 3.05) is 10.6 Å². The lowest BCUT2D eigenvalue weighted by Crippen LogP contribution is -2.46. The Labute approximate surface area is 134 Å². The fraction of sp³-hybridized carbons (Fsp3) is 0.188. The smallest absolute Gasteiger partial charge is 0.327 e. The van der Waals surface area contributed by atoms with E-state index in [1.54, 1.807) is 30.3 Å². The number of aliphatic carboxylic acids is 1. The molecule has 0 bridgehead atoms. The van der Waals surface area contributed by atoms with Gasteiger partial charge >= 0.3 is 5.97 Å². The zero-order chi connectivity index (χ0) is 17.0. The van der Waals surface area contributed by atoms with Crippen LogP contribution >= 0.6 is 0 Å². The Hall–Kier alpha value is -2.41. The molecule has 0 heterocycles. The summed E-state index contributed by atoms with van der Waals surface area (Å²) in [5, 5.41) is 9.50. The zero-order valence-electron chi connectivity index (χ0n) is 12.4. The number of hydrogen-bond acceptors (Lipinski definition) is 3. The van der Waals surface area contributed by atoms with Crippen LogP contribution in [-0.2, 0) is 21.2 Å². The van der Waals surface area contributed by atoms with E-state index in [4.69, 9.17) is 0 Å². The average Bonchev–Trinajstić information content (AvgIpc) is 2.48. The van der Waals surface area contributed by atoms with Crippen LogP contribution < -0.4 is 4.31 Å². The number of sulfonamides is 1. The number of benzene rings is 2. The molecule has 0 aliphatic heterocycles. The summed E-state index contributed by atoms with van der Waals surface area (Å²) in [6, 6.07) is 12.1. The first-order valence-electron chi connectivity index (χ1n) is 6.81. The number of halogens is 1. The third-order valence-corrected chi connectivity index (χ3v) is 4.46. The first-order valence-corrected chi connectivity index (χ1v) is 8.65. The lowest BCUT2D eigenvalue weighted by Gasteiger charge is -2.29. The number of nitrogens with zero attached hydrogens (tertiary/aromatic N) is 1. The number of hydrogen-bond donors (Lipinski definition) is 1. The lowest BCUT2D eigenvalue weighted by atomic mass is 10.1. The molecule has 7 heteroatoms. The third-order valence-electron chi connectivity index (χ3n) is 3.28. The summed E-state index contributed by atoms with van der Waals surface area (Å²) in [6.45, 7) is 0. The first-order chi connectivity index (χ1) is 10.8. The molecule has 23 heavy (non-hydrogen) atoms. The molecule has 1 atom stereocenters. The highest BCUT2D eigenvalue weighted by Gasteiger charge is 2.32. The van der Waals surface area contributed by atoms with Gasteiger partial charge in [-0.15, -0.1) is 0 Å². The Bertz CT molecular complexity index is 775. The second-order valence-corrected chi connectivity index (χ2v) is 6.94. The van der Waals surface area contributed by atoms with Crippen LogP contribution in [0.2, 0.25) is 0 Å². The predicted octanol–water partition coefficient (Wildman–Crippen LogP) is 2.29. The number of carboxylic acid groups (broad SMARTS) is 1. The van der Waals surface area contributed by atoms with Gasteiger partial charge in [0.05, 0.1) is 11.9 Å². The Kier molecular flexibility index (Phi) is 5.00. The Morgan fingerprint density at radius 3 is 2.17 bits per heavy atom. The summed E-state index contributed by atoms with van der Waals surface area (Å²) in [6.07, 6.45) is 0.928. The van der Waals surface area contributed by atoms with Gasteiger partial charge in [0.25, 0.3) is 0 Å². The molecule has 0 aliphatic rings. The standard InChI is InChI=1S/C16H16FNO4S/c1-23(21,22)18(14-9-7-13(17)8-10-14)15(16(19)20)11-12-5-3-2-4-6-12/h2-10,15H,11H2,1H3,(H,19,20)/t15-/m1/s1. The average molecular weight is 337 g/mol. The Balaban J connectivity index is 2.46. The molecule has 0 amide bonds. The van der Waals surface area contributed by atoms with Crippen molar-refractivity contribution in [3.05, 3.63) is 66.0 Å². The van der Waals surface area contributed by atoms with E-state index in [0.29, 0.717) is 5.56 Å². The van der Waals surface area contributed by atoms with Gasteiger partial charge in [-0.2, -0.15) is 0 Å². The Morgan fingerprint density at radius 2 is 1.70 bits per heavy atom. The molecule has 122 valence electrons. The topological polar surface area (TPSA) is 74.7 Å². The normalized spacial score (nSPS) is 12.6. The number of anilines is 1. The highest BCUT2D eigenvalue weighted by atomic mass is 32.2.